The minimum absolute atomic E-state index is 0.0480. The van der Waals surface area contributed by atoms with Crippen LogP contribution in [0.3, 0.4) is 0 Å². The summed E-state index contributed by atoms with van der Waals surface area (Å²) < 4.78 is 92.2. The first-order valence-electron chi connectivity index (χ1n) is 8.60. The van der Waals surface area contributed by atoms with Crippen molar-refractivity contribution in [3.05, 3.63) is 59.2 Å². The summed E-state index contributed by atoms with van der Waals surface area (Å²) in [7, 11) is -5.04. The number of nitrogens with zero attached hydrogens (tertiary/aromatic N) is 1. The van der Waals surface area contributed by atoms with Gasteiger partial charge in [0.05, 0.1) is 17.3 Å². The number of amides is 3. The summed E-state index contributed by atoms with van der Waals surface area (Å²) in [6, 6.07) is 2.65. The van der Waals surface area contributed by atoms with Gasteiger partial charge in [0.1, 0.15) is 23.1 Å². The summed E-state index contributed by atoms with van der Waals surface area (Å²) in [6.45, 7) is 0.156. The van der Waals surface area contributed by atoms with Crippen LogP contribution in [0.2, 0.25) is 0 Å². The van der Waals surface area contributed by atoms with Crippen molar-refractivity contribution in [1.29, 1.82) is 0 Å². The lowest BCUT2D eigenvalue weighted by Gasteiger charge is -2.30. The Balaban J connectivity index is 1.87. The summed E-state index contributed by atoms with van der Waals surface area (Å²) in [4.78, 5) is 23.3. The van der Waals surface area contributed by atoms with Gasteiger partial charge in [-0.3, -0.25) is 4.79 Å². The normalized spacial score (nSPS) is 16.3. The van der Waals surface area contributed by atoms with E-state index >= 15 is 0 Å². The van der Waals surface area contributed by atoms with Gasteiger partial charge in [-0.2, -0.15) is 13.2 Å². The van der Waals surface area contributed by atoms with E-state index < -0.39 is 68.5 Å². The van der Waals surface area contributed by atoms with Crippen LogP contribution in [0.4, 0.5) is 32.4 Å². The van der Waals surface area contributed by atoms with Gasteiger partial charge < -0.3 is 10.6 Å². The molecule has 1 aliphatic heterocycles. The number of fused-ring (bicyclic) bond motifs is 1. The zero-order chi connectivity index (χ0) is 23.1. The van der Waals surface area contributed by atoms with Crippen LogP contribution in [-0.2, 0) is 21.0 Å². The minimum atomic E-state index is -5.04. The Hall–Kier alpha value is -3.22. The highest BCUT2D eigenvalue weighted by Gasteiger charge is 2.45. The number of carbonyl (C=O) groups is 2. The molecule has 3 rings (SSSR count). The number of anilines is 1. The van der Waals surface area contributed by atoms with Gasteiger partial charge in [0.25, 0.3) is 10.0 Å². The van der Waals surface area contributed by atoms with Gasteiger partial charge in [0.15, 0.2) is 0 Å². The van der Waals surface area contributed by atoms with Gasteiger partial charge >= 0.3 is 12.2 Å². The van der Waals surface area contributed by atoms with Crippen molar-refractivity contribution >= 4 is 27.6 Å². The lowest BCUT2D eigenvalue weighted by atomic mass is 10.1. The van der Waals surface area contributed by atoms with Crippen molar-refractivity contribution in [2.45, 2.75) is 24.0 Å². The van der Waals surface area contributed by atoms with E-state index in [-0.39, 0.29) is 9.87 Å². The highest BCUT2D eigenvalue weighted by molar-refractivity contribution is 7.90. The Morgan fingerprint density at radius 1 is 1.19 bits per heavy atom. The van der Waals surface area contributed by atoms with Gasteiger partial charge in [0.2, 0.25) is 5.91 Å². The van der Waals surface area contributed by atoms with E-state index in [1.807, 2.05) is 5.32 Å². The molecule has 0 radical (unpaired) electrons. The minimum Gasteiger partial charge on any atom is -0.348 e. The van der Waals surface area contributed by atoms with Crippen molar-refractivity contribution in [3.63, 3.8) is 0 Å². The number of halogens is 5. The average molecular weight is 463 g/mol. The Labute approximate surface area is 172 Å². The number of hydrogen-bond donors (Lipinski definition) is 2. The molecule has 31 heavy (non-hydrogen) atoms. The molecule has 0 aromatic heterocycles. The summed E-state index contributed by atoms with van der Waals surface area (Å²) in [5.41, 5.74) is -2.19. The van der Waals surface area contributed by atoms with Crippen LogP contribution in [0.5, 0.6) is 0 Å². The van der Waals surface area contributed by atoms with E-state index in [1.165, 1.54) is 6.92 Å². The average Bonchev–Trinajstić information content (AvgIpc) is 2.63. The number of nitrogens with one attached hydrogen (secondary N) is 2. The molecule has 3 amide bonds. The highest BCUT2D eigenvalue weighted by Crippen LogP contribution is 2.41. The van der Waals surface area contributed by atoms with Crippen LogP contribution in [0, 0.1) is 11.6 Å². The fraction of sp³-hybridized carbons (Fsp3) is 0.222. The molecule has 1 atom stereocenters. The largest absolute Gasteiger partial charge is 0.417 e. The third-order valence-corrected chi connectivity index (χ3v) is 6.26. The smallest absolute Gasteiger partial charge is 0.348 e. The van der Waals surface area contributed by atoms with E-state index in [2.05, 4.69) is 5.32 Å². The molecule has 0 saturated carbocycles. The lowest BCUT2D eigenvalue weighted by Crippen LogP contribution is -2.49. The molecule has 2 aromatic carbocycles. The van der Waals surface area contributed by atoms with E-state index in [1.54, 1.807) is 0 Å². The SMILES string of the molecule is C[C@H](NC(=O)CN1C(=O)Nc2cccc(C(F)(F)F)c2S1(=O)=O)c1ccc(F)cc1F. The van der Waals surface area contributed by atoms with Crippen molar-refractivity contribution in [1.82, 2.24) is 9.62 Å². The topological polar surface area (TPSA) is 95.6 Å². The second-order valence-corrected chi connectivity index (χ2v) is 8.38. The van der Waals surface area contributed by atoms with Gasteiger partial charge in [-0.05, 0) is 25.1 Å². The van der Waals surface area contributed by atoms with Crippen molar-refractivity contribution in [3.8, 4) is 0 Å². The number of benzene rings is 2. The van der Waals surface area contributed by atoms with E-state index in [9.17, 15) is 40.0 Å². The fourth-order valence-corrected chi connectivity index (χ4v) is 4.67. The third kappa shape index (κ3) is 4.31. The molecule has 0 bridgehead atoms. The van der Waals surface area contributed by atoms with E-state index in [0.717, 1.165) is 24.3 Å². The van der Waals surface area contributed by atoms with Gasteiger partial charge in [-0.15, -0.1) is 0 Å². The van der Waals surface area contributed by atoms with Crippen LogP contribution in [-0.4, -0.2) is 31.2 Å². The van der Waals surface area contributed by atoms with E-state index in [4.69, 9.17) is 0 Å². The summed E-state index contributed by atoms with van der Waals surface area (Å²) in [6.07, 6.45) is -5.04. The molecular formula is C18H14F5N3O4S. The highest BCUT2D eigenvalue weighted by atomic mass is 32.2. The second kappa shape index (κ2) is 7.80. The molecule has 13 heteroatoms. The lowest BCUT2D eigenvalue weighted by molar-refractivity contribution is -0.139. The summed E-state index contributed by atoms with van der Waals surface area (Å²) in [5.74, 6) is -2.92. The molecule has 0 spiro atoms. The molecule has 1 aliphatic rings. The number of carbonyl (C=O) groups excluding carboxylic acids is 2. The Bertz CT molecular complexity index is 1170. The maximum Gasteiger partial charge on any atom is 0.417 e. The van der Waals surface area contributed by atoms with Crippen LogP contribution in [0.1, 0.15) is 24.1 Å². The molecule has 0 saturated heterocycles. The molecule has 2 aromatic rings. The molecule has 0 fully saturated rings. The third-order valence-electron chi connectivity index (χ3n) is 4.43. The maximum atomic E-state index is 13.8. The summed E-state index contributed by atoms with van der Waals surface area (Å²) in [5, 5.41) is 4.23. The first kappa shape index (κ1) is 22.5. The molecular weight excluding hydrogens is 449 g/mol. The molecule has 7 nitrogen and oxygen atoms in total. The monoisotopic (exact) mass is 463 g/mol. The first-order valence-corrected chi connectivity index (χ1v) is 10.0. The van der Waals surface area contributed by atoms with Crippen LogP contribution < -0.4 is 10.6 Å². The zero-order valence-corrected chi connectivity index (χ0v) is 16.4. The molecule has 166 valence electrons. The number of rotatable bonds is 4. The molecule has 0 aliphatic carbocycles. The number of hydrogen-bond acceptors (Lipinski definition) is 4. The second-order valence-electron chi connectivity index (χ2n) is 6.58. The van der Waals surface area contributed by atoms with Gasteiger partial charge in [-0.1, -0.05) is 12.1 Å². The first-order chi connectivity index (χ1) is 14.3. The number of alkyl halides is 3. The van der Waals surface area contributed by atoms with Crippen LogP contribution in [0.15, 0.2) is 41.3 Å². The maximum absolute atomic E-state index is 13.8. The zero-order valence-electron chi connectivity index (χ0n) is 15.6. The fourth-order valence-electron chi connectivity index (χ4n) is 3.04. The molecule has 0 unspecified atom stereocenters. The Morgan fingerprint density at radius 2 is 1.87 bits per heavy atom. The van der Waals surface area contributed by atoms with Crippen LogP contribution >= 0.6 is 0 Å². The predicted octanol–water partition coefficient (Wildman–Crippen LogP) is 3.40. The van der Waals surface area contributed by atoms with Gasteiger partial charge in [-0.25, -0.2) is 26.3 Å². The Kier molecular flexibility index (Phi) is 5.65. The molecule has 1 heterocycles. The Morgan fingerprint density at radius 3 is 2.48 bits per heavy atom. The van der Waals surface area contributed by atoms with E-state index in [0.29, 0.717) is 12.1 Å². The van der Waals surface area contributed by atoms with Crippen molar-refractivity contribution < 1.29 is 40.0 Å². The summed E-state index contributed by atoms with van der Waals surface area (Å²) >= 11 is 0. The number of sulfonamides is 1. The quantitative estimate of drug-likeness (QED) is 0.680. The standard InChI is InChI=1S/C18H14F5N3O4S/c1-9(11-6-5-10(19)7-13(11)20)24-15(27)8-26-17(28)25-14-4-2-3-12(18(21,22)23)16(14)31(26,29)30/h2-7,9H,8H2,1H3,(H,24,27)(H,25,28)/t9-/m0/s1. The van der Waals surface area contributed by atoms with Crippen molar-refractivity contribution in [2.75, 3.05) is 11.9 Å². The number of urea groups is 1. The van der Waals surface area contributed by atoms with Gasteiger partial charge in [0, 0.05) is 11.6 Å². The van der Waals surface area contributed by atoms with Crippen LogP contribution in [0.25, 0.3) is 0 Å². The molecule has 2 N–H and O–H groups in total. The van der Waals surface area contributed by atoms with Crippen molar-refractivity contribution in [2.24, 2.45) is 0 Å². The predicted molar refractivity (Wildman–Crippen MR) is 97.3 cm³/mol.